The summed E-state index contributed by atoms with van der Waals surface area (Å²) < 4.78 is 2.46. The molecule has 0 saturated carbocycles. The molecule has 0 spiro atoms. The van der Waals surface area contributed by atoms with Crippen molar-refractivity contribution in [1.29, 1.82) is 0 Å². The number of halogens is 1. The van der Waals surface area contributed by atoms with E-state index in [9.17, 15) is 9.59 Å². The van der Waals surface area contributed by atoms with Crippen LogP contribution >= 0.6 is 11.6 Å². The number of aromatic nitrogens is 4. The van der Waals surface area contributed by atoms with Crippen LogP contribution < -0.4 is 11.2 Å². The van der Waals surface area contributed by atoms with Gasteiger partial charge in [0.1, 0.15) is 5.69 Å². The first-order chi connectivity index (χ1) is 13.1. The lowest BCUT2D eigenvalue weighted by atomic mass is 10.1. The summed E-state index contributed by atoms with van der Waals surface area (Å²) in [6, 6.07) is 18.6. The molecular weight excluding hydrogens is 364 g/mol. The predicted octanol–water partition coefficient (Wildman–Crippen LogP) is 2.86. The highest BCUT2D eigenvalue weighted by Gasteiger charge is 2.17. The molecular formula is C20H15ClN4O2. The van der Waals surface area contributed by atoms with Crippen molar-refractivity contribution in [1.82, 2.24) is 19.1 Å². The highest BCUT2D eigenvalue weighted by molar-refractivity contribution is 6.32. The van der Waals surface area contributed by atoms with E-state index < -0.39 is 11.2 Å². The van der Waals surface area contributed by atoms with Crippen LogP contribution in [0.15, 0.2) is 70.3 Å². The van der Waals surface area contributed by atoms with Gasteiger partial charge in [-0.25, -0.2) is 14.8 Å². The molecule has 2 aromatic heterocycles. The molecule has 6 nitrogen and oxygen atoms in total. The minimum Gasteiger partial charge on any atom is -0.279 e. The summed E-state index contributed by atoms with van der Waals surface area (Å²) in [5.74, 6) is 0. The van der Waals surface area contributed by atoms with E-state index in [1.807, 2.05) is 60.7 Å². The van der Waals surface area contributed by atoms with Gasteiger partial charge in [0, 0.05) is 12.6 Å². The zero-order valence-electron chi connectivity index (χ0n) is 14.5. The third-order valence-electron chi connectivity index (χ3n) is 4.35. The number of benzene rings is 2. The van der Waals surface area contributed by atoms with Gasteiger partial charge in [-0.1, -0.05) is 72.3 Å². The van der Waals surface area contributed by atoms with Crippen LogP contribution in [0.5, 0.6) is 0 Å². The number of aryl methyl sites for hydroxylation is 1. The molecule has 27 heavy (non-hydrogen) atoms. The molecule has 0 unspecified atom stereocenters. The van der Waals surface area contributed by atoms with Crippen molar-refractivity contribution >= 4 is 22.8 Å². The predicted molar refractivity (Wildman–Crippen MR) is 105 cm³/mol. The zero-order chi connectivity index (χ0) is 19.0. The van der Waals surface area contributed by atoms with Gasteiger partial charge in [-0.3, -0.25) is 13.9 Å². The summed E-state index contributed by atoms with van der Waals surface area (Å²) in [6.07, 6.45) is 0. The van der Waals surface area contributed by atoms with Gasteiger partial charge in [-0.15, -0.1) is 0 Å². The fraction of sp³-hybridized carbons (Fsp3) is 0.100. The van der Waals surface area contributed by atoms with Crippen molar-refractivity contribution in [2.45, 2.75) is 6.54 Å². The standard InChI is InChI=1S/C20H15ClN4O2/c1-24-18-16(22-15(17(21)23-18)14-10-6-3-7-11-14)19(26)25(20(24)27)12-13-8-4-2-5-9-13/h2-11H,12H2,1H3. The van der Waals surface area contributed by atoms with E-state index in [4.69, 9.17) is 11.6 Å². The molecule has 2 heterocycles. The van der Waals surface area contributed by atoms with E-state index >= 15 is 0 Å². The summed E-state index contributed by atoms with van der Waals surface area (Å²) in [5, 5.41) is 0.143. The highest BCUT2D eigenvalue weighted by atomic mass is 35.5. The second-order valence-electron chi connectivity index (χ2n) is 6.12. The molecule has 0 bridgehead atoms. The van der Waals surface area contributed by atoms with Gasteiger partial charge in [0.15, 0.2) is 16.3 Å². The first-order valence-electron chi connectivity index (χ1n) is 8.32. The van der Waals surface area contributed by atoms with Crippen molar-refractivity contribution < 1.29 is 0 Å². The Balaban J connectivity index is 1.98. The van der Waals surface area contributed by atoms with Crippen molar-refractivity contribution in [3.63, 3.8) is 0 Å². The largest absolute Gasteiger partial charge is 0.332 e. The molecule has 0 amide bonds. The maximum absolute atomic E-state index is 13.0. The lowest BCUT2D eigenvalue weighted by Gasteiger charge is -2.11. The molecule has 0 saturated heterocycles. The van der Waals surface area contributed by atoms with Gasteiger partial charge in [-0.2, -0.15) is 0 Å². The average Bonchev–Trinajstić information content (AvgIpc) is 2.71. The number of fused-ring (bicyclic) bond motifs is 1. The number of hydrogen-bond acceptors (Lipinski definition) is 4. The summed E-state index contributed by atoms with van der Waals surface area (Å²) >= 11 is 6.29. The Labute approximate surface area is 159 Å². The molecule has 0 aliphatic carbocycles. The third-order valence-corrected chi connectivity index (χ3v) is 4.61. The average molecular weight is 379 g/mol. The van der Waals surface area contributed by atoms with Crippen molar-refractivity contribution in [2.24, 2.45) is 7.05 Å². The minimum absolute atomic E-state index is 0.108. The van der Waals surface area contributed by atoms with Crippen LogP contribution in [0.25, 0.3) is 22.4 Å². The van der Waals surface area contributed by atoms with E-state index in [1.54, 1.807) is 7.05 Å². The molecule has 0 N–H and O–H groups in total. The molecule has 4 rings (SSSR count). The number of rotatable bonds is 3. The monoisotopic (exact) mass is 378 g/mol. The zero-order valence-corrected chi connectivity index (χ0v) is 15.2. The Kier molecular flexibility index (Phi) is 4.33. The first-order valence-corrected chi connectivity index (χ1v) is 8.70. The second kappa shape index (κ2) is 6.81. The van der Waals surface area contributed by atoms with Crippen molar-refractivity contribution in [3.05, 3.63) is 92.2 Å². The number of nitrogens with zero attached hydrogens (tertiary/aromatic N) is 4. The molecule has 0 aliphatic rings. The van der Waals surface area contributed by atoms with Crippen LogP contribution in [0.2, 0.25) is 5.15 Å². The Morgan fingerprint density at radius 3 is 2.22 bits per heavy atom. The van der Waals surface area contributed by atoms with E-state index in [0.717, 1.165) is 15.7 Å². The van der Waals surface area contributed by atoms with Gasteiger partial charge in [-0.05, 0) is 5.56 Å². The quantitative estimate of drug-likeness (QED) is 0.549. The molecule has 2 aromatic carbocycles. The maximum Gasteiger partial charge on any atom is 0.332 e. The van der Waals surface area contributed by atoms with Gasteiger partial charge in [0.05, 0.1) is 6.54 Å². The maximum atomic E-state index is 13.0. The van der Waals surface area contributed by atoms with E-state index in [1.165, 1.54) is 4.57 Å². The van der Waals surface area contributed by atoms with Gasteiger partial charge >= 0.3 is 5.69 Å². The topological polar surface area (TPSA) is 69.8 Å². The summed E-state index contributed by atoms with van der Waals surface area (Å²) in [6.45, 7) is 0.160. The summed E-state index contributed by atoms with van der Waals surface area (Å²) in [7, 11) is 1.55. The van der Waals surface area contributed by atoms with Crippen LogP contribution in [0.1, 0.15) is 5.56 Å². The van der Waals surface area contributed by atoms with E-state index in [2.05, 4.69) is 9.97 Å². The van der Waals surface area contributed by atoms with Crippen LogP contribution in [-0.4, -0.2) is 19.1 Å². The van der Waals surface area contributed by atoms with Crippen molar-refractivity contribution in [3.8, 4) is 11.3 Å². The Morgan fingerprint density at radius 2 is 1.56 bits per heavy atom. The lowest BCUT2D eigenvalue weighted by Crippen LogP contribution is -2.40. The van der Waals surface area contributed by atoms with Gasteiger partial charge in [0.2, 0.25) is 0 Å². The normalized spacial score (nSPS) is 11.0. The molecule has 7 heteroatoms. The third kappa shape index (κ3) is 3.04. The van der Waals surface area contributed by atoms with E-state index in [-0.39, 0.29) is 22.9 Å². The Hall–Kier alpha value is -3.25. The first kappa shape index (κ1) is 17.2. The van der Waals surface area contributed by atoms with Gasteiger partial charge < -0.3 is 0 Å². The molecule has 0 aliphatic heterocycles. The molecule has 0 atom stereocenters. The fourth-order valence-corrected chi connectivity index (χ4v) is 3.19. The van der Waals surface area contributed by atoms with Crippen LogP contribution in [0, 0.1) is 0 Å². The van der Waals surface area contributed by atoms with E-state index in [0.29, 0.717) is 5.69 Å². The lowest BCUT2D eigenvalue weighted by molar-refractivity contribution is 0.654. The molecule has 0 radical (unpaired) electrons. The van der Waals surface area contributed by atoms with Crippen molar-refractivity contribution in [2.75, 3.05) is 0 Å². The molecule has 134 valence electrons. The smallest absolute Gasteiger partial charge is 0.279 e. The Bertz CT molecular complexity index is 1250. The van der Waals surface area contributed by atoms with Crippen LogP contribution in [0.3, 0.4) is 0 Å². The summed E-state index contributed by atoms with van der Waals surface area (Å²) in [4.78, 5) is 34.4. The molecule has 4 aromatic rings. The SMILES string of the molecule is Cn1c(=O)n(Cc2ccccc2)c(=O)c2nc(-c3ccccc3)c(Cl)nc21. The fourth-order valence-electron chi connectivity index (χ4n) is 2.96. The van der Waals surface area contributed by atoms with Crippen LogP contribution in [0.4, 0.5) is 0 Å². The number of hydrogen-bond donors (Lipinski definition) is 0. The van der Waals surface area contributed by atoms with Gasteiger partial charge in [0.25, 0.3) is 5.56 Å². The second-order valence-corrected chi connectivity index (χ2v) is 6.48. The summed E-state index contributed by atoms with van der Waals surface area (Å²) in [5.41, 5.74) is 1.33. The van der Waals surface area contributed by atoms with Crippen LogP contribution in [-0.2, 0) is 13.6 Å². The minimum atomic E-state index is -0.488. The highest BCUT2D eigenvalue weighted by Crippen LogP contribution is 2.25. The molecule has 0 fully saturated rings. The Morgan fingerprint density at radius 1 is 0.926 bits per heavy atom.